The highest BCUT2D eigenvalue weighted by Gasteiger charge is 2.33. The van der Waals surface area contributed by atoms with Crippen LogP contribution >= 0.6 is 0 Å². The average molecular weight is 422 g/mol. The minimum absolute atomic E-state index is 0.216. The Balaban J connectivity index is 1.58. The van der Waals surface area contributed by atoms with E-state index in [-0.39, 0.29) is 5.56 Å². The second kappa shape index (κ2) is 8.59. The topological polar surface area (TPSA) is 0 Å². The summed E-state index contributed by atoms with van der Waals surface area (Å²) in [4.78, 5) is 0. The summed E-state index contributed by atoms with van der Waals surface area (Å²) in [5.74, 6) is 4.43. The summed E-state index contributed by atoms with van der Waals surface area (Å²) in [5, 5.41) is 0. The van der Waals surface area contributed by atoms with Crippen molar-refractivity contribution in [1.29, 1.82) is 0 Å². The maximum Gasteiger partial charge on any atom is 0.419 e. The summed E-state index contributed by atoms with van der Waals surface area (Å²) >= 11 is 0. The maximum atomic E-state index is 13.7. The molecule has 1 aliphatic rings. The van der Waals surface area contributed by atoms with Crippen LogP contribution in [0, 0.1) is 17.7 Å². The van der Waals surface area contributed by atoms with Gasteiger partial charge in [-0.3, -0.25) is 0 Å². The van der Waals surface area contributed by atoms with Gasteiger partial charge < -0.3 is 0 Å². The zero-order valence-corrected chi connectivity index (χ0v) is 17.2. The lowest BCUT2D eigenvalue weighted by molar-refractivity contribution is -0.140. The van der Waals surface area contributed by atoms with Gasteiger partial charge in [-0.2, -0.15) is 13.2 Å². The first-order chi connectivity index (χ1) is 14.8. The van der Waals surface area contributed by atoms with Crippen molar-refractivity contribution in [3.05, 3.63) is 93.8 Å². The van der Waals surface area contributed by atoms with Crippen LogP contribution in [-0.4, -0.2) is 0 Å². The van der Waals surface area contributed by atoms with Gasteiger partial charge in [-0.25, -0.2) is 4.39 Å². The number of halogens is 4. The molecule has 0 N–H and O–H groups in total. The molecule has 0 unspecified atom stereocenters. The molecule has 0 amide bonds. The van der Waals surface area contributed by atoms with Gasteiger partial charge in [-0.1, -0.05) is 49.5 Å². The molecule has 0 nitrogen and oxygen atoms in total. The van der Waals surface area contributed by atoms with Crippen LogP contribution in [0.25, 0.3) is 11.1 Å². The van der Waals surface area contributed by atoms with Gasteiger partial charge in [0, 0.05) is 11.1 Å². The predicted molar refractivity (Wildman–Crippen MR) is 115 cm³/mol. The highest BCUT2D eigenvalue weighted by atomic mass is 19.4. The van der Waals surface area contributed by atoms with Crippen molar-refractivity contribution in [2.24, 2.45) is 0 Å². The molecule has 0 aromatic heterocycles. The van der Waals surface area contributed by atoms with Crippen LogP contribution in [0.1, 0.15) is 53.1 Å². The molecule has 0 bridgehead atoms. The Morgan fingerprint density at radius 1 is 0.806 bits per heavy atom. The molecule has 4 heteroatoms. The molecule has 0 saturated heterocycles. The van der Waals surface area contributed by atoms with Gasteiger partial charge in [0.1, 0.15) is 5.82 Å². The lowest BCUT2D eigenvalue weighted by Crippen LogP contribution is -2.07. The summed E-state index contributed by atoms with van der Waals surface area (Å²) in [6.07, 6.45) is 0.674. The number of aryl methyl sites for hydroxylation is 3. The van der Waals surface area contributed by atoms with Crippen LogP contribution in [0.2, 0.25) is 0 Å². The summed E-state index contributed by atoms with van der Waals surface area (Å²) in [7, 11) is 0. The largest absolute Gasteiger partial charge is 0.419 e. The number of rotatable bonds is 3. The van der Waals surface area contributed by atoms with E-state index >= 15 is 0 Å². The van der Waals surface area contributed by atoms with Crippen LogP contribution < -0.4 is 0 Å². The lowest BCUT2D eigenvalue weighted by atomic mass is 9.83. The summed E-state index contributed by atoms with van der Waals surface area (Å²) < 4.78 is 51.8. The van der Waals surface area contributed by atoms with Crippen molar-refractivity contribution < 1.29 is 17.6 Å². The van der Waals surface area contributed by atoms with Crippen molar-refractivity contribution in [3.8, 4) is 23.0 Å². The molecule has 0 saturated carbocycles. The molecule has 3 aromatic rings. The third-order valence-corrected chi connectivity index (χ3v) is 5.67. The molecule has 0 aliphatic heterocycles. The van der Waals surface area contributed by atoms with E-state index in [0.717, 1.165) is 37.0 Å². The number of alkyl halides is 3. The maximum absolute atomic E-state index is 13.7. The Labute approximate surface area is 179 Å². The predicted octanol–water partition coefficient (Wildman–Crippen LogP) is 7.35. The standard InChI is InChI=1S/C27H22F4/c1-2-3-4-18-7-12-23-21(15-18)10-11-22-16-19(8-13-24(22)23)5-6-20-9-14-25(26(28)17-20)27(29,30)31/h7-9,12-17H,2-4,10-11H2,1H3. The number of benzene rings is 3. The Morgan fingerprint density at radius 3 is 2.06 bits per heavy atom. The monoisotopic (exact) mass is 422 g/mol. The third-order valence-electron chi connectivity index (χ3n) is 5.67. The van der Waals surface area contributed by atoms with Crippen molar-refractivity contribution >= 4 is 0 Å². The van der Waals surface area contributed by atoms with E-state index in [0.29, 0.717) is 0 Å². The number of fused-ring (bicyclic) bond motifs is 3. The molecule has 158 valence electrons. The van der Waals surface area contributed by atoms with Crippen molar-refractivity contribution in [1.82, 2.24) is 0 Å². The van der Waals surface area contributed by atoms with Gasteiger partial charge in [0.25, 0.3) is 0 Å². The van der Waals surface area contributed by atoms with Crippen LogP contribution in [0.5, 0.6) is 0 Å². The van der Waals surface area contributed by atoms with Gasteiger partial charge in [0.15, 0.2) is 0 Å². The molecular formula is C27H22F4. The fourth-order valence-corrected chi connectivity index (χ4v) is 4.03. The number of unbranched alkanes of at least 4 members (excludes halogenated alkanes) is 1. The van der Waals surface area contributed by atoms with Gasteiger partial charge in [-0.05, 0) is 83.8 Å². The quantitative estimate of drug-likeness (QED) is 0.306. The number of hydrogen-bond acceptors (Lipinski definition) is 0. The Morgan fingerprint density at radius 2 is 1.42 bits per heavy atom. The van der Waals surface area contributed by atoms with Crippen molar-refractivity contribution in [2.75, 3.05) is 0 Å². The van der Waals surface area contributed by atoms with E-state index < -0.39 is 17.6 Å². The second-order valence-corrected chi connectivity index (χ2v) is 7.91. The van der Waals surface area contributed by atoms with Crippen LogP contribution in [-0.2, 0) is 25.4 Å². The van der Waals surface area contributed by atoms with E-state index in [1.807, 2.05) is 12.1 Å². The average Bonchev–Trinajstić information content (AvgIpc) is 2.75. The summed E-state index contributed by atoms with van der Waals surface area (Å²) in [6.45, 7) is 2.20. The normalized spacial score (nSPS) is 12.5. The molecule has 0 fully saturated rings. The van der Waals surface area contributed by atoms with Crippen molar-refractivity contribution in [2.45, 2.75) is 45.2 Å². The molecule has 3 aromatic carbocycles. The van der Waals surface area contributed by atoms with Gasteiger partial charge in [0.05, 0.1) is 5.56 Å². The highest BCUT2D eigenvalue weighted by Crippen LogP contribution is 2.35. The van der Waals surface area contributed by atoms with E-state index in [4.69, 9.17) is 0 Å². The van der Waals surface area contributed by atoms with Gasteiger partial charge >= 0.3 is 6.18 Å². The van der Waals surface area contributed by atoms with E-state index in [9.17, 15) is 17.6 Å². The first-order valence-electron chi connectivity index (χ1n) is 10.5. The van der Waals surface area contributed by atoms with Crippen LogP contribution in [0.4, 0.5) is 17.6 Å². The molecule has 0 heterocycles. The van der Waals surface area contributed by atoms with E-state index in [1.54, 1.807) is 0 Å². The Kier molecular flexibility index (Phi) is 5.87. The molecular weight excluding hydrogens is 400 g/mol. The van der Waals surface area contributed by atoms with Gasteiger partial charge in [0.2, 0.25) is 0 Å². The van der Waals surface area contributed by atoms with Crippen LogP contribution in [0.3, 0.4) is 0 Å². The highest BCUT2D eigenvalue weighted by molar-refractivity contribution is 5.74. The van der Waals surface area contributed by atoms with E-state index in [1.165, 1.54) is 46.7 Å². The Bertz CT molecular complexity index is 1180. The molecule has 0 spiro atoms. The smallest absolute Gasteiger partial charge is 0.206 e. The number of hydrogen-bond donors (Lipinski definition) is 0. The minimum Gasteiger partial charge on any atom is -0.206 e. The fraction of sp³-hybridized carbons (Fsp3) is 0.259. The van der Waals surface area contributed by atoms with Crippen molar-refractivity contribution in [3.63, 3.8) is 0 Å². The Hall–Kier alpha value is -3.06. The third kappa shape index (κ3) is 4.66. The molecule has 0 radical (unpaired) electrons. The summed E-state index contributed by atoms with van der Waals surface area (Å²) in [5.41, 5.74) is 6.13. The lowest BCUT2D eigenvalue weighted by Gasteiger charge is -2.21. The second-order valence-electron chi connectivity index (χ2n) is 7.91. The minimum atomic E-state index is -4.71. The summed E-state index contributed by atoms with van der Waals surface area (Å²) in [6, 6.07) is 15.5. The molecule has 0 atom stereocenters. The van der Waals surface area contributed by atoms with E-state index in [2.05, 4.69) is 43.0 Å². The van der Waals surface area contributed by atoms with Gasteiger partial charge in [-0.15, -0.1) is 0 Å². The van der Waals surface area contributed by atoms with Crippen LogP contribution in [0.15, 0.2) is 54.6 Å². The molecule has 4 rings (SSSR count). The molecule has 1 aliphatic carbocycles. The SMILES string of the molecule is CCCCc1ccc2c(c1)CCc1cc(C#Cc3ccc(C(F)(F)F)c(F)c3)ccc1-2. The first kappa shape index (κ1) is 21.2. The zero-order chi connectivity index (χ0) is 22.0. The first-order valence-corrected chi connectivity index (χ1v) is 10.5. The fourth-order valence-electron chi connectivity index (χ4n) is 4.03. The zero-order valence-electron chi connectivity index (χ0n) is 17.2. The molecule has 31 heavy (non-hydrogen) atoms.